The van der Waals surface area contributed by atoms with E-state index in [2.05, 4.69) is 12.1 Å². The Kier molecular flexibility index (Phi) is 4.43. The Hall–Kier alpha value is -2.93. The molecule has 4 nitrogen and oxygen atoms in total. The third-order valence-electron chi connectivity index (χ3n) is 3.40. The van der Waals surface area contributed by atoms with Crippen LogP contribution in [0, 0.1) is 22.7 Å². The molecule has 0 aromatic heterocycles. The van der Waals surface area contributed by atoms with Crippen molar-refractivity contribution in [1.29, 1.82) is 10.5 Å². The number of thiocarbonyl (C=S) groups is 1. The van der Waals surface area contributed by atoms with Crippen molar-refractivity contribution in [2.24, 2.45) is 0 Å². The molecule has 2 aromatic rings. The topological polar surface area (TPSA) is 67.9 Å². The van der Waals surface area contributed by atoms with Gasteiger partial charge in [-0.05, 0) is 35.9 Å². The average Bonchev–Trinajstić information content (AvgIpc) is 2.89. The monoisotopic (exact) mass is 347 g/mol. The summed E-state index contributed by atoms with van der Waals surface area (Å²) in [7, 11) is 0. The van der Waals surface area contributed by atoms with Gasteiger partial charge >= 0.3 is 0 Å². The van der Waals surface area contributed by atoms with Crippen LogP contribution in [0.5, 0.6) is 0 Å². The highest BCUT2D eigenvalue weighted by atomic mass is 32.2. The van der Waals surface area contributed by atoms with Crippen LogP contribution in [0.3, 0.4) is 0 Å². The summed E-state index contributed by atoms with van der Waals surface area (Å²) < 4.78 is 0.391. The number of nitrogens with zero attached hydrogens (tertiary/aromatic N) is 3. The molecule has 0 saturated carbocycles. The SMILES string of the molecule is N#Cc1ccc(/C=C2\SC(=S)N(c3ccccc3C#N)C2=O)cc1. The Morgan fingerprint density at radius 3 is 2.42 bits per heavy atom. The quantitative estimate of drug-likeness (QED) is 0.610. The van der Waals surface area contributed by atoms with Crippen LogP contribution in [-0.4, -0.2) is 10.2 Å². The van der Waals surface area contributed by atoms with Crippen LogP contribution in [-0.2, 0) is 4.79 Å². The van der Waals surface area contributed by atoms with Gasteiger partial charge in [0.1, 0.15) is 6.07 Å². The van der Waals surface area contributed by atoms with Crippen LogP contribution in [0.2, 0.25) is 0 Å². The fourth-order valence-electron chi connectivity index (χ4n) is 2.24. The molecular weight excluding hydrogens is 338 g/mol. The van der Waals surface area contributed by atoms with Gasteiger partial charge in [-0.2, -0.15) is 10.5 Å². The van der Waals surface area contributed by atoms with Gasteiger partial charge in [0.05, 0.1) is 27.8 Å². The molecule has 0 radical (unpaired) electrons. The van der Waals surface area contributed by atoms with Crippen molar-refractivity contribution in [1.82, 2.24) is 0 Å². The molecule has 114 valence electrons. The maximum Gasteiger partial charge on any atom is 0.270 e. The number of amides is 1. The van der Waals surface area contributed by atoms with Crippen LogP contribution < -0.4 is 4.90 Å². The van der Waals surface area contributed by atoms with E-state index in [1.807, 2.05) is 0 Å². The van der Waals surface area contributed by atoms with Gasteiger partial charge in [0.25, 0.3) is 5.91 Å². The highest BCUT2D eigenvalue weighted by Gasteiger charge is 2.34. The van der Waals surface area contributed by atoms with E-state index in [4.69, 9.17) is 17.5 Å². The Morgan fingerprint density at radius 2 is 1.75 bits per heavy atom. The number of anilines is 1. The maximum atomic E-state index is 12.7. The summed E-state index contributed by atoms with van der Waals surface area (Å²) in [5.74, 6) is -0.253. The fraction of sp³-hybridized carbons (Fsp3) is 0. The molecule has 0 aliphatic carbocycles. The first-order chi connectivity index (χ1) is 11.6. The predicted octanol–water partition coefficient (Wildman–Crippen LogP) is 3.84. The normalized spacial score (nSPS) is 15.4. The lowest BCUT2D eigenvalue weighted by atomic mass is 10.1. The predicted molar refractivity (Wildman–Crippen MR) is 98.0 cm³/mol. The smallest absolute Gasteiger partial charge is 0.268 e. The first-order valence-electron chi connectivity index (χ1n) is 6.91. The Balaban J connectivity index is 1.96. The number of thioether (sulfide) groups is 1. The minimum atomic E-state index is -0.253. The molecule has 0 atom stereocenters. The number of benzene rings is 2. The third kappa shape index (κ3) is 2.93. The Morgan fingerprint density at radius 1 is 1.04 bits per heavy atom. The van der Waals surface area contributed by atoms with E-state index < -0.39 is 0 Å². The molecule has 1 amide bonds. The van der Waals surface area contributed by atoms with E-state index in [0.717, 1.165) is 5.56 Å². The first-order valence-corrected chi connectivity index (χ1v) is 8.14. The summed E-state index contributed by atoms with van der Waals surface area (Å²) in [6.45, 7) is 0. The van der Waals surface area contributed by atoms with Crippen molar-refractivity contribution in [2.75, 3.05) is 4.90 Å². The number of rotatable bonds is 2. The van der Waals surface area contributed by atoms with Crippen molar-refractivity contribution in [3.8, 4) is 12.1 Å². The summed E-state index contributed by atoms with van der Waals surface area (Å²) in [6, 6.07) is 17.9. The second kappa shape index (κ2) is 6.67. The zero-order valence-corrected chi connectivity index (χ0v) is 13.9. The van der Waals surface area contributed by atoms with Crippen molar-refractivity contribution < 1.29 is 4.79 Å². The van der Waals surface area contributed by atoms with Gasteiger partial charge in [-0.3, -0.25) is 9.69 Å². The fourth-order valence-corrected chi connectivity index (χ4v) is 3.53. The largest absolute Gasteiger partial charge is 0.270 e. The summed E-state index contributed by atoms with van der Waals surface area (Å²) in [6.07, 6.45) is 1.73. The van der Waals surface area contributed by atoms with E-state index >= 15 is 0 Å². The Bertz CT molecular complexity index is 949. The maximum absolute atomic E-state index is 12.7. The molecule has 1 fully saturated rings. The van der Waals surface area contributed by atoms with Crippen molar-refractivity contribution >= 4 is 46.0 Å². The Labute approximate surface area is 148 Å². The molecular formula is C18H9N3OS2. The van der Waals surface area contributed by atoms with Crippen LogP contribution >= 0.6 is 24.0 Å². The number of hydrogen-bond donors (Lipinski definition) is 0. The first kappa shape index (κ1) is 15.9. The van der Waals surface area contributed by atoms with E-state index in [0.29, 0.717) is 26.0 Å². The molecule has 2 aromatic carbocycles. The number of para-hydroxylation sites is 1. The number of hydrogen-bond acceptors (Lipinski definition) is 5. The number of nitriles is 2. The molecule has 24 heavy (non-hydrogen) atoms. The minimum absolute atomic E-state index is 0.253. The third-order valence-corrected chi connectivity index (χ3v) is 4.70. The van der Waals surface area contributed by atoms with Crippen molar-refractivity contribution in [2.45, 2.75) is 0 Å². The summed E-state index contributed by atoms with van der Waals surface area (Å²) >= 11 is 6.51. The zero-order valence-electron chi connectivity index (χ0n) is 12.3. The van der Waals surface area contributed by atoms with Gasteiger partial charge in [-0.25, -0.2) is 0 Å². The highest BCUT2D eigenvalue weighted by molar-refractivity contribution is 8.27. The summed E-state index contributed by atoms with van der Waals surface area (Å²) in [5, 5.41) is 18.0. The molecule has 0 unspecified atom stereocenters. The second-order valence-corrected chi connectivity index (χ2v) is 6.56. The van der Waals surface area contributed by atoms with Gasteiger partial charge in [-0.1, -0.05) is 48.2 Å². The molecule has 0 N–H and O–H groups in total. The number of carbonyl (C=O) groups is 1. The summed E-state index contributed by atoms with van der Waals surface area (Å²) in [5.41, 5.74) is 2.25. The van der Waals surface area contributed by atoms with Crippen LogP contribution in [0.25, 0.3) is 6.08 Å². The number of carbonyl (C=O) groups excluding carboxylic acids is 1. The van der Waals surface area contributed by atoms with E-state index in [1.165, 1.54) is 16.7 Å². The zero-order chi connectivity index (χ0) is 17.1. The molecule has 1 saturated heterocycles. The second-order valence-electron chi connectivity index (χ2n) is 4.88. The minimum Gasteiger partial charge on any atom is -0.268 e. The van der Waals surface area contributed by atoms with Gasteiger partial charge in [0, 0.05) is 0 Å². The lowest BCUT2D eigenvalue weighted by molar-refractivity contribution is -0.113. The standard InChI is InChI=1S/C18H9N3OS2/c19-10-13-7-5-12(6-8-13)9-16-17(22)21(18(23)24-16)15-4-2-1-3-14(15)11-20/h1-9H/b16-9-. The summed E-state index contributed by atoms with van der Waals surface area (Å²) in [4.78, 5) is 14.6. The van der Waals surface area contributed by atoms with E-state index in [9.17, 15) is 10.1 Å². The lowest BCUT2D eigenvalue weighted by Crippen LogP contribution is -2.28. The van der Waals surface area contributed by atoms with Gasteiger partial charge in [-0.15, -0.1) is 0 Å². The molecule has 6 heteroatoms. The molecule has 1 heterocycles. The molecule has 1 aliphatic rings. The lowest BCUT2D eigenvalue weighted by Gasteiger charge is -2.15. The van der Waals surface area contributed by atoms with Crippen LogP contribution in [0.1, 0.15) is 16.7 Å². The van der Waals surface area contributed by atoms with Gasteiger partial charge < -0.3 is 0 Å². The van der Waals surface area contributed by atoms with E-state index in [1.54, 1.807) is 54.6 Å². The molecule has 3 rings (SSSR count). The highest BCUT2D eigenvalue weighted by Crippen LogP contribution is 2.37. The molecule has 1 aliphatic heterocycles. The molecule has 0 spiro atoms. The van der Waals surface area contributed by atoms with E-state index in [-0.39, 0.29) is 5.91 Å². The van der Waals surface area contributed by atoms with Crippen molar-refractivity contribution in [3.05, 3.63) is 70.1 Å². The van der Waals surface area contributed by atoms with Crippen LogP contribution in [0.4, 0.5) is 5.69 Å². The average molecular weight is 347 g/mol. The van der Waals surface area contributed by atoms with Crippen molar-refractivity contribution in [3.63, 3.8) is 0 Å². The molecule has 0 bridgehead atoms. The van der Waals surface area contributed by atoms with Crippen LogP contribution in [0.15, 0.2) is 53.4 Å². The van der Waals surface area contributed by atoms with Gasteiger partial charge in [0.2, 0.25) is 0 Å². The van der Waals surface area contributed by atoms with Gasteiger partial charge in [0.15, 0.2) is 4.32 Å².